The minimum atomic E-state index is -3.64. The van der Waals surface area contributed by atoms with E-state index in [0.29, 0.717) is 13.1 Å². The van der Waals surface area contributed by atoms with E-state index in [9.17, 15) is 12.8 Å². The van der Waals surface area contributed by atoms with Crippen LogP contribution in [0.15, 0.2) is 23.4 Å². The number of hydrogen-bond acceptors (Lipinski definition) is 4. The van der Waals surface area contributed by atoms with Gasteiger partial charge in [0.2, 0.25) is 10.0 Å². The molecule has 1 fully saturated rings. The van der Waals surface area contributed by atoms with Gasteiger partial charge in [-0.2, -0.15) is 4.31 Å². The number of rotatable bonds is 4. The molecule has 1 aliphatic rings. The van der Waals surface area contributed by atoms with E-state index in [2.05, 4.69) is 10.3 Å². The lowest BCUT2D eigenvalue weighted by atomic mass is 10.1. The number of hydrogen-bond donors (Lipinski definition) is 1. The number of pyridine rings is 1. The van der Waals surface area contributed by atoms with E-state index < -0.39 is 15.8 Å². The summed E-state index contributed by atoms with van der Waals surface area (Å²) in [5.74, 6) is -0.638. The number of piperidine rings is 1. The molecule has 1 aliphatic heterocycles. The van der Waals surface area contributed by atoms with Crippen molar-refractivity contribution in [1.82, 2.24) is 14.6 Å². The van der Waals surface area contributed by atoms with Crippen LogP contribution in [0, 0.1) is 5.82 Å². The van der Waals surface area contributed by atoms with Crippen molar-refractivity contribution in [1.29, 1.82) is 0 Å². The Balaban J connectivity index is 2.19. The Kier molecular flexibility index (Phi) is 4.49. The van der Waals surface area contributed by atoms with E-state index in [0.717, 1.165) is 31.6 Å². The summed E-state index contributed by atoms with van der Waals surface area (Å²) in [6.45, 7) is 3.69. The van der Waals surface area contributed by atoms with Crippen molar-refractivity contribution in [3.63, 3.8) is 0 Å². The average Bonchev–Trinajstić information content (AvgIpc) is 2.39. The highest BCUT2D eigenvalue weighted by molar-refractivity contribution is 7.89. The maximum Gasteiger partial charge on any atom is 0.244 e. The van der Waals surface area contributed by atoms with E-state index in [1.165, 1.54) is 10.5 Å². The molecule has 5 nitrogen and oxygen atoms in total. The van der Waals surface area contributed by atoms with E-state index in [4.69, 9.17) is 0 Å². The predicted molar refractivity (Wildman–Crippen MR) is 69.7 cm³/mol. The lowest BCUT2D eigenvalue weighted by molar-refractivity contribution is 0.286. The molecule has 0 spiro atoms. The molecule has 2 rings (SSSR count). The molecule has 0 aliphatic carbocycles. The van der Waals surface area contributed by atoms with Crippen LogP contribution in [0.25, 0.3) is 0 Å². The molecular weight excluding hydrogens is 269 g/mol. The van der Waals surface area contributed by atoms with Gasteiger partial charge >= 0.3 is 0 Å². The molecule has 7 heteroatoms. The van der Waals surface area contributed by atoms with Crippen molar-refractivity contribution in [2.24, 2.45) is 0 Å². The molecule has 1 atom stereocenters. The zero-order valence-corrected chi connectivity index (χ0v) is 11.7. The molecule has 0 aromatic carbocycles. The fourth-order valence-electron chi connectivity index (χ4n) is 2.30. The molecule has 0 saturated carbocycles. The van der Waals surface area contributed by atoms with Gasteiger partial charge in [0.25, 0.3) is 0 Å². The summed E-state index contributed by atoms with van der Waals surface area (Å²) in [6, 6.07) is 1.18. The van der Waals surface area contributed by atoms with Crippen LogP contribution in [0.3, 0.4) is 0 Å². The second kappa shape index (κ2) is 5.94. The summed E-state index contributed by atoms with van der Waals surface area (Å²) in [5.41, 5.74) is 0. The fraction of sp³-hybridized carbons (Fsp3) is 0.583. The van der Waals surface area contributed by atoms with Gasteiger partial charge in [-0.05, 0) is 25.5 Å². The lowest BCUT2D eigenvalue weighted by Gasteiger charge is -2.32. The first kappa shape index (κ1) is 14.4. The molecular formula is C12H18FN3O2S. The molecule has 1 unspecified atom stereocenters. The van der Waals surface area contributed by atoms with Crippen LogP contribution in [-0.4, -0.2) is 43.4 Å². The molecule has 106 valence electrons. The maximum atomic E-state index is 13.1. The topological polar surface area (TPSA) is 62.3 Å². The summed E-state index contributed by atoms with van der Waals surface area (Å²) in [7, 11) is -3.64. The highest BCUT2D eigenvalue weighted by Crippen LogP contribution is 2.20. The summed E-state index contributed by atoms with van der Waals surface area (Å²) >= 11 is 0. The summed E-state index contributed by atoms with van der Waals surface area (Å²) in [4.78, 5) is 3.53. The monoisotopic (exact) mass is 287 g/mol. The second-order valence-electron chi connectivity index (χ2n) is 4.60. The Morgan fingerprint density at radius 1 is 1.53 bits per heavy atom. The van der Waals surface area contributed by atoms with Crippen LogP contribution in [-0.2, 0) is 10.0 Å². The Morgan fingerprint density at radius 2 is 2.32 bits per heavy atom. The first-order valence-electron chi connectivity index (χ1n) is 6.38. The molecule has 1 aromatic rings. The minimum Gasteiger partial charge on any atom is -0.313 e. The standard InChI is InChI=1S/C12H18FN3O2S/c1-2-15-11-4-3-5-16(9-11)19(17,18)12-6-10(13)7-14-8-12/h6-8,11,15H,2-5,9H2,1H3. The molecule has 1 N–H and O–H groups in total. The second-order valence-corrected chi connectivity index (χ2v) is 6.54. The summed E-state index contributed by atoms with van der Waals surface area (Å²) in [6.07, 6.45) is 3.95. The number of aromatic nitrogens is 1. The van der Waals surface area contributed by atoms with Gasteiger partial charge in [-0.1, -0.05) is 6.92 Å². The smallest absolute Gasteiger partial charge is 0.244 e. The predicted octanol–water partition coefficient (Wildman–Crippen LogP) is 0.983. The van der Waals surface area contributed by atoms with Crippen molar-refractivity contribution >= 4 is 10.0 Å². The zero-order chi connectivity index (χ0) is 13.9. The molecule has 0 radical (unpaired) electrons. The fourth-order valence-corrected chi connectivity index (χ4v) is 3.80. The van der Waals surface area contributed by atoms with Gasteiger partial charge < -0.3 is 5.32 Å². The number of nitrogens with zero attached hydrogens (tertiary/aromatic N) is 2. The van der Waals surface area contributed by atoms with Crippen molar-refractivity contribution in [3.8, 4) is 0 Å². The first-order chi connectivity index (χ1) is 9.04. The van der Waals surface area contributed by atoms with Gasteiger partial charge in [-0.15, -0.1) is 0 Å². The molecule has 0 amide bonds. The van der Waals surface area contributed by atoms with E-state index in [1.54, 1.807) is 0 Å². The summed E-state index contributed by atoms with van der Waals surface area (Å²) in [5, 5.41) is 3.25. The van der Waals surface area contributed by atoms with Crippen LogP contribution in [0.5, 0.6) is 0 Å². The van der Waals surface area contributed by atoms with Crippen LogP contribution in [0.2, 0.25) is 0 Å². The van der Waals surface area contributed by atoms with Gasteiger partial charge in [0, 0.05) is 25.3 Å². The van der Waals surface area contributed by atoms with Crippen LogP contribution >= 0.6 is 0 Å². The average molecular weight is 287 g/mol. The SMILES string of the molecule is CCNC1CCCN(S(=O)(=O)c2cncc(F)c2)C1. The lowest BCUT2D eigenvalue weighted by Crippen LogP contribution is -2.47. The quantitative estimate of drug-likeness (QED) is 0.897. The molecule has 0 bridgehead atoms. The third-order valence-electron chi connectivity index (χ3n) is 3.19. The highest BCUT2D eigenvalue weighted by Gasteiger charge is 2.30. The highest BCUT2D eigenvalue weighted by atomic mass is 32.2. The van der Waals surface area contributed by atoms with Crippen LogP contribution in [0.1, 0.15) is 19.8 Å². The number of halogens is 1. The van der Waals surface area contributed by atoms with Crippen molar-refractivity contribution in [2.75, 3.05) is 19.6 Å². The summed E-state index contributed by atoms with van der Waals surface area (Å²) < 4.78 is 39.3. The Hall–Kier alpha value is -1.05. The van der Waals surface area contributed by atoms with Gasteiger partial charge in [0.15, 0.2) is 0 Å². The molecule has 1 saturated heterocycles. The van der Waals surface area contributed by atoms with E-state index >= 15 is 0 Å². The van der Waals surface area contributed by atoms with Crippen molar-refractivity contribution < 1.29 is 12.8 Å². The third kappa shape index (κ3) is 3.29. The third-order valence-corrected chi connectivity index (χ3v) is 5.02. The number of likely N-dealkylation sites (N-methyl/N-ethyl adjacent to an activating group) is 1. The zero-order valence-electron chi connectivity index (χ0n) is 10.8. The van der Waals surface area contributed by atoms with Gasteiger partial charge in [-0.25, -0.2) is 12.8 Å². The van der Waals surface area contributed by atoms with Gasteiger partial charge in [-0.3, -0.25) is 4.98 Å². The Bertz CT molecular complexity index is 534. The normalized spacial score (nSPS) is 21.5. The number of sulfonamides is 1. The molecule has 19 heavy (non-hydrogen) atoms. The van der Waals surface area contributed by atoms with Gasteiger partial charge in [0.05, 0.1) is 6.20 Å². The number of nitrogens with one attached hydrogen (secondary N) is 1. The van der Waals surface area contributed by atoms with E-state index in [-0.39, 0.29) is 10.9 Å². The largest absolute Gasteiger partial charge is 0.313 e. The van der Waals surface area contributed by atoms with Crippen molar-refractivity contribution in [2.45, 2.75) is 30.7 Å². The molecule has 1 aromatic heterocycles. The van der Waals surface area contributed by atoms with E-state index in [1.807, 2.05) is 6.92 Å². The van der Waals surface area contributed by atoms with Crippen molar-refractivity contribution in [3.05, 3.63) is 24.3 Å². The maximum absolute atomic E-state index is 13.1. The molecule has 2 heterocycles. The van der Waals surface area contributed by atoms with Crippen LogP contribution in [0.4, 0.5) is 4.39 Å². The minimum absolute atomic E-state index is 0.0790. The first-order valence-corrected chi connectivity index (χ1v) is 7.82. The van der Waals surface area contributed by atoms with Gasteiger partial charge in [0.1, 0.15) is 10.7 Å². The Morgan fingerprint density at radius 3 is 3.00 bits per heavy atom. The van der Waals surface area contributed by atoms with Crippen LogP contribution < -0.4 is 5.32 Å². The Labute approximate surface area is 112 Å².